The SMILES string of the molecule is COc1cc(/C=C2\SC(=O)N(Cc3ccc(Cl)cc3Cl)C2=O)cc(OC)c1. The van der Waals surface area contributed by atoms with E-state index in [1.54, 1.807) is 56.7 Å². The number of ether oxygens (including phenoxy) is 2. The molecule has 0 saturated carbocycles. The van der Waals surface area contributed by atoms with Crippen molar-refractivity contribution in [2.45, 2.75) is 6.54 Å². The Morgan fingerprint density at radius 1 is 1.04 bits per heavy atom. The smallest absolute Gasteiger partial charge is 0.293 e. The van der Waals surface area contributed by atoms with Crippen molar-refractivity contribution >= 4 is 52.2 Å². The molecule has 2 aromatic rings. The molecule has 2 amide bonds. The van der Waals surface area contributed by atoms with Crippen LogP contribution in [0.3, 0.4) is 0 Å². The lowest BCUT2D eigenvalue weighted by Crippen LogP contribution is -2.27. The number of thioether (sulfide) groups is 1. The predicted octanol–water partition coefficient (Wildman–Crippen LogP) is 5.25. The maximum atomic E-state index is 12.7. The minimum absolute atomic E-state index is 0.0828. The van der Waals surface area contributed by atoms with Crippen LogP contribution in [-0.4, -0.2) is 30.3 Å². The van der Waals surface area contributed by atoms with Crippen LogP contribution in [0.25, 0.3) is 6.08 Å². The molecule has 1 heterocycles. The third-order valence-electron chi connectivity index (χ3n) is 3.89. The van der Waals surface area contributed by atoms with Crippen molar-refractivity contribution in [3.8, 4) is 11.5 Å². The lowest BCUT2D eigenvalue weighted by Gasteiger charge is -2.13. The molecule has 0 atom stereocenters. The van der Waals surface area contributed by atoms with E-state index >= 15 is 0 Å². The number of methoxy groups -OCH3 is 2. The molecule has 0 unspecified atom stereocenters. The average molecular weight is 424 g/mol. The third kappa shape index (κ3) is 4.40. The molecular formula is C19H15Cl2NO4S. The molecule has 8 heteroatoms. The van der Waals surface area contributed by atoms with Crippen molar-refractivity contribution in [1.29, 1.82) is 0 Å². The third-order valence-corrected chi connectivity index (χ3v) is 5.38. The Kier molecular flexibility index (Phi) is 5.99. The van der Waals surface area contributed by atoms with E-state index in [0.29, 0.717) is 37.6 Å². The summed E-state index contributed by atoms with van der Waals surface area (Å²) in [6.45, 7) is 0.0828. The Morgan fingerprint density at radius 2 is 1.70 bits per heavy atom. The van der Waals surface area contributed by atoms with Crippen molar-refractivity contribution in [3.63, 3.8) is 0 Å². The van der Waals surface area contributed by atoms with Gasteiger partial charge in [-0.1, -0.05) is 29.3 Å². The molecule has 27 heavy (non-hydrogen) atoms. The number of hydrogen-bond donors (Lipinski definition) is 0. The number of imide groups is 1. The van der Waals surface area contributed by atoms with E-state index in [1.807, 2.05) is 0 Å². The second-order valence-electron chi connectivity index (χ2n) is 5.65. The van der Waals surface area contributed by atoms with Gasteiger partial charge in [-0.2, -0.15) is 0 Å². The number of carbonyl (C=O) groups is 2. The Labute approximate surface area is 170 Å². The van der Waals surface area contributed by atoms with Crippen molar-refractivity contribution in [3.05, 3.63) is 62.5 Å². The first kappa shape index (κ1) is 19.6. The summed E-state index contributed by atoms with van der Waals surface area (Å²) in [6, 6.07) is 10.2. The fourth-order valence-corrected chi connectivity index (χ4v) is 3.83. The molecule has 0 aromatic heterocycles. The van der Waals surface area contributed by atoms with Gasteiger partial charge >= 0.3 is 0 Å². The largest absolute Gasteiger partial charge is 0.497 e. The summed E-state index contributed by atoms with van der Waals surface area (Å²) in [5, 5.41) is 0.542. The van der Waals surface area contributed by atoms with Gasteiger partial charge < -0.3 is 9.47 Å². The van der Waals surface area contributed by atoms with E-state index in [4.69, 9.17) is 32.7 Å². The summed E-state index contributed by atoms with van der Waals surface area (Å²) in [7, 11) is 3.09. The Hall–Kier alpha value is -2.15. The van der Waals surface area contributed by atoms with Crippen LogP contribution in [0.2, 0.25) is 10.0 Å². The van der Waals surface area contributed by atoms with E-state index in [2.05, 4.69) is 0 Å². The molecule has 2 aromatic carbocycles. The van der Waals surface area contributed by atoms with Crippen LogP contribution in [0, 0.1) is 0 Å². The number of rotatable bonds is 5. The highest BCUT2D eigenvalue weighted by Gasteiger charge is 2.35. The minimum atomic E-state index is -0.377. The van der Waals surface area contributed by atoms with Crippen molar-refractivity contribution in [1.82, 2.24) is 4.90 Å². The van der Waals surface area contributed by atoms with Crippen molar-refractivity contribution in [2.75, 3.05) is 14.2 Å². The quantitative estimate of drug-likeness (QED) is 0.614. The molecule has 3 rings (SSSR count). The molecule has 0 N–H and O–H groups in total. The van der Waals surface area contributed by atoms with Crippen LogP contribution >= 0.6 is 35.0 Å². The van der Waals surface area contributed by atoms with Crippen LogP contribution < -0.4 is 9.47 Å². The zero-order chi connectivity index (χ0) is 19.6. The van der Waals surface area contributed by atoms with E-state index in [1.165, 1.54) is 0 Å². The summed E-state index contributed by atoms with van der Waals surface area (Å²) in [5.41, 5.74) is 1.34. The fraction of sp³-hybridized carbons (Fsp3) is 0.158. The second kappa shape index (κ2) is 8.25. The fourth-order valence-electron chi connectivity index (χ4n) is 2.52. The molecule has 0 aliphatic carbocycles. The van der Waals surface area contributed by atoms with E-state index in [-0.39, 0.29) is 17.7 Å². The first-order valence-corrected chi connectivity index (χ1v) is 9.41. The van der Waals surface area contributed by atoms with Crippen LogP contribution in [0.1, 0.15) is 11.1 Å². The van der Waals surface area contributed by atoms with Gasteiger partial charge in [-0.25, -0.2) is 0 Å². The molecule has 140 valence electrons. The lowest BCUT2D eigenvalue weighted by atomic mass is 10.1. The summed E-state index contributed by atoms with van der Waals surface area (Å²) in [5.74, 6) is 0.804. The topological polar surface area (TPSA) is 55.8 Å². The Bertz CT molecular complexity index is 923. The molecule has 1 aliphatic rings. The molecule has 5 nitrogen and oxygen atoms in total. The number of nitrogens with zero attached hydrogens (tertiary/aromatic N) is 1. The Balaban J connectivity index is 1.86. The van der Waals surface area contributed by atoms with Crippen LogP contribution in [0.15, 0.2) is 41.3 Å². The highest BCUT2D eigenvalue weighted by atomic mass is 35.5. The first-order valence-electron chi connectivity index (χ1n) is 7.83. The van der Waals surface area contributed by atoms with E-state index in [9.17, 15) is 9.59 Å². The lowest BCUT2D eigenvalue weighted by molar-refractivity contribution is -0.123. The summed E-state index contributed by atoms with van der Waals surface area (Å²) < 4.78 is 10.5. The minimum Gasteiger partial charge on any atom is -0.497 e. The number of halogens is 2. The van der Waals surface area contributed by atoms with Crippen LogP contribution in [-0.2, 0) is 11.3 Å². The zero-order valence-corrected chi connectivity index (χ0v) is 16.8. The highest BCUT2D eigenvalue weighted by molar-refractivity contribution is 8.18. The molecule has 0 spiro atoms. The van der Waals surface area contributed by atoms with Gasteiger partial charge in [0.25, 0.3) is 11.1 Å². The van der Waals surface area contributed by atoms with Crippen LogP contribution in [0.5, 0.6) is 11.5 Å². The average Bonchev–Trinajstić information content (AvgIpc) is 2.90. The summed E-state index contributed by atoms with van der Waals surface area (Å²) in [6.07, 6.45) is 1.64. The van der Waals surface area contributed by atoms with Gasteiger partial charge in [-0.3, -0.25) is 14.5 Å². The van der Waals surface area contributed by atoms with Gasteiger partial charge in [-0.15, -0.1) is 0 Å². The standard InChI is InChI=1S/C19H15Cl2NO4S/c1-25-14-5-11(6-15(9-14)26-2)7-17-18(23)22(19(24)27-17)10-12-3-4-13(20)8-16(12)21/h3-9H,10H2,1-2H3/b17-7-. The number of benzene rings is 2. The molecule has 0 bridgehead atoms. The van der Waals surface area contributed by atoms with Gasteiger partial charge in [0.2, 0.25) is 0 Å². The highest BCUT2D eigenvalue weighted by Crippen LogP contribution is 2.35. The van der Waals surface area contributed by atoms with Crippen LogP contribution in [0.4, 0.5) is 4.79 Å². The van der Waals surface area contributed by atoms with Crippen molar-refractivity contribution in [2.24, 2.45) is 0 Å². The maximum Gasteiger partial charge on any atom is 0.293 e. The second-order valence-corrected chi connectivity index (χ2v) is 7.49. The predicted molar refractivity (Wildman–Crippen MR) is 108 cm³/mol. The molecule has 0 radical (unpaired) electrons. The van der Waals surface area contributed by atoms with Crippen molar-refractivity contribution < 1.29 is 19.1 Å². The summed E-state index contributed by atoms with van der Waals surface area (Å²) >= 11 is 12.9. The number of hydrogen-bond acceptors (Lipinski definition) is 5. The zero-order valence-electron chi connectivity index (χ0n) is 14.5. The van der Waals surface area contributed by atoms with Gasteiger partial charge in [0.1, 0.15) is 11.5 Å². The monoisotopic (exact) mass is 423 g/mol. The maximum absolute atomic E-state index is 12.7. The van der Waals surface area contributed by atoms with Gasteiger partial charge in [0, 0.05) is 16.1 Å². The molecule has 1 fully saturated rings. The molecule has 1 aliphatic heterocycles. The Morgan fingerprint density at radius 3 is 2.30 bits per heavy atom. The summed E-state index contributed by atoms with van der Waals surface area (Å²) in [4.78, 5) is 26.5. The van der Waals surface area contributed by atoms with E-state index < -0.39 is 0 Å². The van der Waals surface area contributed by atoms with Gasteiger partial charge in [0.15, 0.2) is 0 Å². The number of amides is 2. The molecular weight excluding hydrogens is 409 g/mol. The van der Waals surface area contributed by atoms with Gasteiger partial charge in [-0.05, 0) is 53.2 Å². The van der Waals surface area contributed by atoms with E-state index in [0.717, 1.165) is 16.7 Å². The number of carbonyl (C=O) groups excluding carboxylic acids is 2. The van der Waals surface area contributed by atoms with Gasteiger partial charge in [0.05, 0.1) is 25.7 Å². The molecule has 1 saturated heterocycles. The first-order chi connectivity index (χ1) is 12.9. The normalized spacial score (nSPS) is 15.6.